The summed E-state index contributed by atoms with van der Waals surface area (Å²) in [5, 5.41) is 4.66. The Bertz CT molecular complexity index is 1200. The van der Waals surface area contributed by atoms with Crippen LogP contribution in [-0.2, 0) is 9.59 Å². The van der Waals surface area contributed by atoms with Gasteiger partial charge in [-0.1, -0.05) is 69.5 Å². The number of esters is 1. The Labute approximate surface area is 208 Å². The first-order valence-corrected chi connectivity index (χ1v) is 11.1. The first-order valence-electron chi connectivity index (χ1n) is 9.55. The summed E-state index contributed by atoms with van der Waals surface area (Å²) in [4.78, 5) is 24.2. The monoisotopic (exact) mass is 546 g/mol. The number of halogens is 3. The summed E-state index contributed by atoms with van der Waals surface area (Å²) in [6.45, 7) is -0.302. The van der Waals surface area contributed by atoms with Crippen molar-refractivity contribution in [3.8, 4) is 11.5 Å². The summed E-state index contributed by atoms with van der Waals surface area (Å²) < 4.78 is 11.5. The number of amides is 1. The van der Waals surface area contributed by atoms with E-state index in [1.54, 1.807) is 36.4 Å². The lowest BCUT2D eigenvalue weighted by Gasteiger charge is -2.08. The molecule has 0 aliphatic heterocycles. The molecule has 3 aromatic rings. The fourth-order valence-electron chi connectivity index (χ4n) is 2.53. The molecule has 0 aliphatic carbocycles. The van der Waals surface area contributed by atoms with Crippen molar-refractivity contribution in [1.82, 2.24) is 5.43 Å². The predicted molar refractivity (Wildman–Crippen MR) is 133 cm³/mol. The summed E-state index contributed by atoms with van der Waals surface area (Å²) in [6.07, 6.45) is 4.35. The van der Waals surface area contributed by atoms with Gasteiger partial charge in [-0.2, -0.15) is 5.10 Å². The van der Waals surface area contributed by atoms with Crippen LogP contribution in [0.4, 0.5) is 0 Å². The third kappa shape index (κ3) is 8.05. The Morgan fingerprint density at radius 2 is 1.76 bits per heavy atom. The molecule has 0 unspecified atom stereocenters. The van der Waals surface area contributed by atoms with Gasteiger partial charge in [0.05, 0.1) is 11.2 Å². The van der Waals surface area contributed by atoms with Gasteiger partial charge in [-0.3, -0.25) is 4.79 Å². The molecule has 0 spiro atoms. The van der Waals surface area contributed by atoms with Gasteiger partial charge < -0.3 is 9.47 Å². The van der Waals surface area contributed by atoms with Crippen LogP contribution in [0.2, 0.25) is 10.0 Å². The van der Waals surface area contributed by atoms with Gasteiger partial charge in [-0.25, -0.2) is 10.2 Å². The number of ether oxygens (including phenoxy) is 2. The number of nitrogens with zero attached hydrogens (tertiary/aromatic N) is 1. The summed E-state index contributed by atoms with van der Waals surface area (Å²) in [5.41, 5.74) is 3.70. The van der Waals surface area contributed by atoms with Crippen LogP contribution in [-0.4, -0.2) is 24.7 Å². The topological polar surface area (TPSA) is 77.0 Å². The molecular formula is C24H17BrCl2N2O4. The van der Waals surface area contributed by atoms with Crippen molar-refractivity contribution in [3.63, 3.8) is 0 Å². The Balaban J connectivity index is 1.58. The maximum absolute atomic E-state index is 12.2. The Morgan fingerprint density at radius 3 is 2.52 bits per heavy atom. The van der Waals surface area contributed by atoms with Gasteiger partial charge in [0.1, 0.15) is 11.5 Å². The minimum Gasteiger partial charge on any atom is -0.482 e. The van der Waals surface area contributed by atoms with Gasteiger partial charge >= 0.3 is 5.97 Å². The van der Waals surface area contributed by atoms with Crippen LogP contribution in [0.5, 0.6) is 11.5 Å². The lowest BCUT2D eigenvalue weighted by molar-refractivity contribution is -0.129. The Kier molecular flexibility index (Phi) is 9.06. The molecule has 0 fully saturated rings. The van der Waals surface area contributed by atoms with Gasteiger partial charge in [0.2, 0.25) is 0 Å². The zero-order valence-electron chi connectivity index (χ0n) is 17.0. The normalized spacial score (nSPS) is 11.0. The van der Waals surface area contributed by atoms with Crippen molar-refractivity contribution in [2.75, 3.05) is 6.61 Å². The van der Waals surface area contributed by atoms with Crippen molar-refractivity contribution in [2.45, 2.75) is 0 Å². The Hall–Kier alpha value is -3.13. The predicted octanol–water partition coefficient (Wildman–Crippen LogP) is 5.90. The maximum atomic E-state index is 12.2. The van der Waals surface area contributed by atoms with Crippen LogP contribution in [0.3, 0.4) is 0 Å². The maximum Gasteiger partial charge on any atom is 0.336 e. The molecule has 0 heterocycles. The van der Waals surface area contributed by atoms with E-state index in [4.69, 9.17) is 32.7 Å². The zero-order valence-corrected chi connectivity index (χ0v) is 20.1. The number of carbonyl (C=O) groups excluding carboxylic acids is 2. The van der Waals surface area contributed by atoms with Crippen molar-refractivity contribution in [1.29, 1.82) is 0 Å². The molecule has 0 aromatic heterocycles. The molecule has 1 N–H and O–H groups in total. The minimum absolute atomic E-state index is 0.281. The number of hydrazone groups is 1. The fraction of sp³-hybridized carbons (Fsp3) is 0.0417. The average molecular weight is 548 g/mol. The number of rotatable bonds is 8. The molecule has 168 valence electrons. The standard InChI is InChI=1S/C24H17BrCl2N2O4/c25-18-7-9-21(33-24(31)11-6-16-4-2-1-3-5-16)17(12-18)14-28-29-23(30)15-32-22-10-8-19(26)13-20(22)27/h1-14H,15H2,(H,29,30)/b11-6+,28-14+. The Morgan fingerprint density at radius 1 is 1.00 bits per heavy atom. The number of nitrogens with one attached hydrogen (secondary N) is 1. The van der Waals surface area contributed by atoms with Crippen molar-refractivity contribution < 1.29 is 19.1 Å². The summed E-state index contributed by atoms with van der Waals surface area (Å²) in [5.74, 6) is -0.447. The third-order valence-electron chi connectivity index (χ3n) is 4.04. The van der Waals surface area contributed by atoms with E-state index in [1.807, 2.05) is 30.3 Å². The molecule has 3 rings (SSSR count). The second kappa shape index (κ2) is 12.2. The number of hydrogen-bond donors (Lipinski definition) is 1. The van der Waals surface area contributed by atoms with Gasteiger partial charge in [0, 0.05) is 21.1 Å². The molecule has 6 nitrogen and oxygen atoms in total. The molecule has 1 amide bonds. The first-order chi connectivity index (χ1) is 15.9. The number of benzene rings is 3. The minimum atomic E-state index is -0.548. The van der Waals surface area contributed by atoms with Crippen LogP contribution in [0.25, 0.3) is 6.08 Å². The van der Waals surface area contributed by atoms with E-state index in [0.717, 1.165) is 10.0 Å². The second-order valence-electron chi connectivity index (χ2n) is 6.50. The van der Waals surface area contributed by atoms with Crippen LogP contribution in [0, 0.1) is 0 Å². The summed E-state index contributed by atoms with van der Waals surface area (Å²) >= 11 is 15.2. The molecular weight excluding hydrogens is 531 g/mol. The SMILES string of the molecule is O=C(COc1ccc(Cl)cc1Cl)N/N=C/c1cc(Br)ccc1OC(=O)/C=C/c1ccccc1. The lowest BCUT2D eigenvalue weighted by Crippen LogP contribution is -2.24. The van der Waals surface area contributed by atoms with Gasteiger partial charge in [-0.15, -0.1) is 0 Å². The van der Waals surface area contributed by atoms with E-state index in [-0.39, 0.29) is 12.4 Å². The molecule has 3 aromatic carbocycles. The number of carbonyl (C=O) groups is 2. The van der Waals surface area contributed by atoms with Crippen LogP contribution in [0.15, 0.2) is 82.4 Å². The quantitative estimate of drug-likeness (QED) is 0.125. The number of hydrogen-bond acceptors (Lipinski definition) is 5. The van der Waals surface area contributed by atoms with Crippen LogP contribution in [0.1, 0.15) is 11.1 Å². The van der Waals surface area contributed by atoms with Gasteiger partial charge in [0.15, 0.2) is 6.61 Å². The van der Waals surface area contributed by atoms with E-state index in [1.165, 1.54) is 18.4 Å². The molecule has 0 bridgehead atoms. The van der Waals surface area contributed by atoms with E-state index in [0.29, 0.717) is 21.4 Å². The van der Waals surface area contributed by atoms with Crippen LogP contribution < -0.4 is 14.9 Å². The van der Waals surface area contributed by atoms with Crippen molar-refractivity contribution in [3.05, 3.63) is 98.5 Å². The average Bonchev–Trinajstić information content (AvgIpc) is 2.79. The molecule has 0 saturated carbocycles. The summed E-state index contributed by atoms with van der Waals surface area (Å²) in [6, 6.07) is 19.1. The molecule has 0 atom stereocenters. The van der Waals surface area contributed by atoms with Crippen LogP contribution >= 0.6 is 39.1 Å². The fourth-order valence-corrected chi connectivity index (χ4v) is 3.37. The van der Waals surface area contributed by atoms with E-state index < -0.39 is 11.9 Å². The first kappa shape index (κ1) is 24.5. The highest BCUT2D eigenvalue weighted by molar-refractivity contribution is 9.10. The third-order valence-corrected chi connectivity index (χ3v) is 5.06. The highest BCUT2D eigenvalue weighted by Crippen LogP contribution is 2.27. The lowest BCUT2D eigenvalue weighted by atomic mass is 10.2. The second-order valence-corrected chi connectivity index (χ2v) is 8.26. The van der Waals surface area contributed by atoms with Crippen molar-refractivity contribution >= 4 is 63.3 Å². The smallest absolute Gasteiger partial charge is 0.336 e. The van der Waals surface area contributed by atoms with Crippen molar-refractivity contribution in [2.24, 2.45) is 5.10 Å². The van der Waals surface area contributed by atoms with Gasteiger partial charge in [0.25, 0.3) is 5.91 Å². The molecule has 0 aliphatic rings. The molecule has 33 heavy (non-hydrogen) atoms. The molecule has 9 heteroatoms. The zero-order chi connectivity index (χ0) is 23.6. The van der Waals surface area contributed by atoms with Gasteiger partial charge in [-0.05, 0) is 48.0 Å². The summed E-state index contributed by atoms with van der Waals surface area (Å²) in [7, 11) is 0. The highest BCUT2D eigenvalue weighted by atomic mass is 79.9. The van der Waals surface area contributed by atoms with E-state index in [9.17, 15) is 9.59 Å². The van der Waals surface area contributed by atoms with E-state index >= 15 is 0 Å². The molecule has 0 radical (unpaired) electrons. The molecule has 0 saturated heterocycles. The largest absolute Gasteiger partial charge is 0.482 e. The highest BCUT2D eigenvalue weighted by Gasteiger charge is 2.08. The van der Waals surface area contributed by atoms with E-state index in [2.05, 4.69) is 26.5 Å².